The van der Waals surface area contributed by atoms with Crippen LogP contribution >= 0.6 is 23.1 Å². The highest BCUT2D eigenvalue weighted by Gasteiger charge is 2.12. The number of carbonyl (C=O) groups is 1. The number of rotatable bonds is 8. The molecule has 23 heavy (non-hydrogen) atoms. The first kappa shape index (κ1) is 17.7. The van der Waals surface area contributed by atoms with Crippen molar-refractivity contribution in [2.75, 3.05) is 24.7 Å². The van der Waals surface area contributed by atoms with Crippen molar-refractivity contribution in [2.45, 2.75) is 31.2 Å². The minimum atomic E-state index is 0.0924. The fraction of sp³-hybridized carbons (Fsp3) is 0.438. The Morgan fingerprint density at radius 1 is 1.22 bits per heavy atom. The number of carbonyl (C=O) groups excluding carboxylic acids is 1. The van der Waals surface area contributed by atoms with E-state index in [0.717, 1.165) is 28.0 Å². The number of benzene rings is 1. The van der Waals surface area contributed by atoms with Crippen molar-refractivity contribution in [1.29, 1.82) is 0 Å². The third-order valence-electron chi connectivity index (χ3n) is 3.33. The Labute approximate surface area is 145 Å². The van der Waals surface area contributed by atoms with Crippen LogP contribution in [0.5, 0.6) is 0 Å². The second-order valence-corrected chi connectivity index (χ2v) is 7.31. The SMILES string of the molecule is CCNc1nnc(SCC(=O)N(C)Cc2ccc(CC)cc2)s1. The molecular weight excluding hydrogens is 328 g/mol. The lowest BCUT2D eigenvalue weighted by atomic mass is 10.1. The summed E-state index contributed by atoms with van der Waals surface area (Å²) in [5.74, 6) is 0.472. The van der Waals surface area contributed by atoms with E-state index in [-0.39, 0.29) is 5.91 Å². The maximum absolute atomic E-state index is 12.2. The van der Waals surface area contributed by atoms with Crippen molar-refractivity contribution in [3.63, 3.8) is 0 Å². The fourth-order valence-electron chi connectivity index (χ4n) is 1.97. The number of amides is 1. The highest BCUT2D eigenvalue weighted by Crippen LogP contribution is 2.25. The van der Waals surface area contributed by atoms with E-state index in [1.807, 2.05) is 14.0 Å². The molecule has 1 aromatic carbocycles. The van der Waals surface area contributed by atoms with Crippen LogP contribution < -0.4 is 5.32 Å². The van der Waals surface area contributed by atoms with Crippen LogP contribution in [0.1, 0.15) is 25.0 Å². The van der Waals surface area contributed by atoms with Crippen molar-refractivity contribution in [3.05, 3.63) is 35.4 Å². The van der Waals surface area contributed by atoms with Gasteiger partial charge in [-0.15, -0.1) is 10.2 Å². The smallest absolute Gasteiger partial charge is 0.233 e. The Bertz CT molecular complexity index is 627. The van der Waals surface area contributed by atoms with Gasteiger partial charge in [-0.1, -0.05) is 54.3 Å². The van der Waals surface area contributed by atoms with Crippen LogP contribution in [-0.4, -0.2) is 40.3 Å². The molecule has 124 valence electrons. The predicted octanol–water partition coefficient (Wildman–Crippen LogP) is 3.28. The molecule has 0 spiro atoms. The van der Waals surface area contributed by atoms with Gasteiger partial charge in [0.25, 0.3) is 0 Å². The molecule has 0 saturated carbocycles. The molecule has 2 aromatic rings. The molecule has 7 heteroatoms. The van der Waals surface area contributed by atoms with Crippen LogP contribution in [0.15, 0.2) is 28.6 Å². The Morgan fingerprint density at radius 2 is 1.91 bits per heavy atom. The van der Waals surface area contributed by atoms with Gasteiger partial charge in [0.1, 0.15) is 0 Å². The van der Waals surface area contributed by atoms with Gasteiger partial charge in [-0.3, -0.25) is 4.79 Å². The second-order valence-electron chi connectivity index (χ2n) is 5.11. The second kappa shape index (κ2) is 8.88. The molecule has 0 aliphatic heterocycles. The van der Waals surface area contributed by atoms with E-state index in [1.54, 1.807) is 4.90 Å². The van der Waals surface area contributed by atoms with E-state index >= 15 is 0 Å². The summed E-state index contributed by atoms with van der Waals surface area (Å²) < 4.78 is 0.815. The van der Waals surface area contributed by atoms with Crippen molar-refractivity contribution >= 4 is 34.1 Å². The third-order valence-corrected chi connectivity index (χ3v) is 5.33. The summed E-state index contributed by atoms with van der Waals surface area (Å²) in [7, 11) is 1.83. The van der Waals surface area contributed by atoms with Gasteiger partial charge < -0.3 is 10.2 Å². The molecule has 1 heterocycles. The lowest BCUT2D eigenvalue weighted by Gasteiger charge is -2.17. The molecular formula is C16H22N4OS2. The van der Waals surface area contributed by atoms with Gasteiger partial charge in [0.2, 0.25) is 11.0 Å². The minimum absolute atomic E-state index is 0.0924. The quantitative estimate of drug-likeness (QED) is 0.741. The Morgan fingerprint density at radius 3 is 2.57 bits per heavy atom. The van der Waals surface area contributed by atoms with Gasteiger partial charge in [0.15, 0.2) is 4.34 Å². The van der Waals surface area contributed by atoms with E-state index in [1.165, 1.54) is 28.7 Å². The first-order valence-electron chi connectivity index (χ1n) is 7.64. The van der Waals surface area contributed by atoms with Crippen LogP contribution in [0.25, 0.3) is 0 Å². The Hall–Kier alpha value is -1.60. The molecule has 0 saturated heterocycles. The van der Waals surface area contributed by atoms with Gasteiger partial charge >= 0.3 is 0 Å². The van der Waals surface area contributed by atoms with Crippen LogP contribution in [0.3, 0.4) is 0 Å². The van der Waals surface area contributed by atoms with Crippen LogP contribution in [0.4, 0.5) is 5.13 Å². The lowest BCUT2D eigenvalue weighted by Crippen LogP contribution is -2.27. The van der Waals surface area contributed by atoms with Gasteiger partial charge in [-0.25, -0.2) is 0 Å². The number of nitrogens with zero attached hydrogens (tertiary/aromatic N) is 3. The van der Waals surface area contributed by atoms with E-state index < -0.39 is 0 Å². The van der Waals surface area contributed by atoms with Crippen molar-refractivity contribution in [1.82, 2.24) is 15.1 Å². The normalized spacial score (nSPS) is 10.6. The number of nitrogens with one attached hydrogen (secondary N) is 1. The average molecular weight is 351 g/mol. The van der Waals surface area contributed by atoms with Crippen LogP contribution in [0, 0.1) is 0 Å². The van der Waals surface area contributed by atoms with Gasteiger partial charge in [-0.05, 0) is 24.5 Å². The average Bonchev–Trinajstić information content (AvgIpc) is 3.01. The number of anilines is 1. The summed E-state index contributed by atoms with van der Waals surface area (Å²) in [6.07, 6.45) is 1.03. The van der Waals surface area contributed by atoms with Gasteiger partial charge in [-0.2, -0.15) is 0 Å². The highest BCUT2D eigenvalue weighted by atomic mass is 32.2. The van der Waals surface area contributed by atoms with Crippen LogP contribution in [-0.2, 0) is 17.8 Å². The summed E-state index contributed by atoms with van der Waals surface area (Å²) in [5.41, 5.74) is 2.46. The number of hydrogen-bond acceptors (Lipinski definition) is 6. The molecule has 1 aromatic heterocycles. The molecule has 0 atom stereocenters. The molecule has 1 amide bonds. The first-order valence-corrected chi connectivity index (χ1v) is 9.44. The van der Waals surface area contributed by atoms with E-state index in [4.69, 9.17) is 0 Å². The summed E-state index contributed by atoms with van der Waals surface area (Å²) >= 11 is 2.91. The molecule has 0 fully saturated rings. The standard InChI is InChI=1S/C16H22N4OS2/c1-4-12-6-8-13(9-7-12)10-20(3)14(21)11-22-16-19-18-15(23-16)17-5-2/h6-9H,4-5,10-11H2,1-3H3,(H,17,18). The molecule has 1 N–H and O–H groups in total. The predicted molar refractivity (Wildman–Crippen MR) is 97.1 cm³/mol. The zero-order valence-corrected chi connectivity index (χ0v) is 15.3. The maximum Gasteiger partial charge on any atom is 0.233 e. The largest absolute Gasteiger partial charge is 0.360 e. The summed E-state index contributed by atoms with van der Waals surface area (Å²) in [6.45, 7) is 5.59. The molecule has 0 radical (unpaired) electrons. The Balaban J connectivity index is 1.81. The van der Waals surface area contributed by atoms with Crippen molar-refractivity contribution in [3.8, 4) is 0 Å². The molecule has 0 aliphatic rings. The Kier molecular flexibility index (Phi) is 6.85. The number of hydrogen-bond donors (Lipinski definition) is 1. The molecule has 0 bridgehead atoms. The highest BCUT2D eigenvalue weighted by molar-refractivity contribution is 8.01. The van der Waals surface area contributed by atoms with Gasteiger partial charge in [0, 0.05) is 20.1 Å². The molecule has 0 aliphatic carbocycles. The number of thioether (sulfide) groups is 1. The maximum atomic E-state index is 12.2. The summed E-state index contributed by atoms with van der Waals surface area (Å²) in [6, 6.07) is 8.41. The van der Waals surface area contributed by atoms with Crippen LogP contribution in [0.2, 0.25) is 0 Å². The van der Waals surface area contributed by atoms with E-state index in [0.29, 0.717) is 12.3 Å². The molecule has 0 unspecified atom stereocenters. The zero-order chi connectivity index (χ0) is 16.7. The first-order chi connectivity index (χ1) is 11.1. The third kappa shape index (κ3) is 5.51. The molecule has 5 nitrogen and oxygen atoms in total. The molecule has 2 rings (SSSR count). The van der Waals surface area contributed by atoms with Gasteiger partial charge in [0.05, 0.1) is 5.75 Å². The number of aryl methyl sites for hydroxylation is 1. The fourth-order valence-corrected chi connectivity index (χ4v) is 3.73. The van der Waals surface area contributed by atoms with E-state index in [2.05, 4.69) is 46.7 Å². The van der Waals surface area contributed by atoms with Crippen molar-refractivity contribution in [2.24, 2.45) is 0 Å². The van der Waals surface area contributed by atoms with Crippen molar-refractivity contribution < 1.29 is 4.79 Å². The summed E-state index contributed by atoms with van der Waals surface area (Å²) in [5, 5.41) is 12.0. The number of aromatic nitrogens is 2. The van der Waals surface area contributed by atoms with E-state index in [9.17, 15) is 4.79 Å². The zero-order valence-electron chi connectivity index (χ0n) is 13.7. The minimum Gasteiger partial charge on any atom is -0.360 e. The lowest BCUT2D eigenvalue weighted by molar-refractivity contribution is -0.127. The topological polar surface area (TPSA) is 58.1 Å². The monoisotopic (exact) mass is 350 g/mol. The summed E-state index contributed by atoms with van der Waals surface area (Å²) in [4.78, 5) is 14.0.